The highest BCUT2D eigenvalue weighted by atomic mass is 35.5. The van der Waals surface area contributed by atoms with E-state index in [1.165, 1.54) is 18.2 Å². The lowest BCUT2D eigenvalue weighted by molar-refractivity contribution is 0.149. The van der Waals surface area contributed by atoms with E-state index in [9.17, 15) is 8.78 Å². The van der Waals surface area contributed by atoms with Crippen molar-refractivity contribution in [2.45, 2.75) is 18.6 Å². The zero-order valence-electron chi connectivity index (χ0n) is 11.4. The van der Waals surface area contributed by atoms with Crippen molar-refractivity contribution in [2.24, 2.45) is 0 Å². The first kappa shape index (κ1) is 14.3. The van der Waals surface area contributed by atoms with Gasteiger partial charge < -0.3 is 10.1 Å². The summed E-state index contributed by atoms with van der Waals surface area (Å²) in [5.74, 6) is -0.221. The summed E-state index contributed by atoms with van der Waals surface area (Å²) in [6.07, 6.45) is 0.0450. The van der Waals surface area contributed by atoms with E-state index >= 15 is 0 Å². The molecule has 1 heterocycles. The Morgan fingerprint density at radius 1 is 1.19 bits per heavy atom. The second-order valence-electron chi connectivity index (χ2n) is 5.01. The third-order valence-corrected chi connectivity index (χ3v) is 4.03. The van der Waals surface area contributed by atoms with Crippen LogP contribution in [0.25, 0.3) is 0 Å². The minimum absolute atomic E-state index is 0.0713. The van der Waals surface area contributed by atoms with Crippen LogP contribution in [-0.2, 0) is 0 Å². The average molecular weight is 310 g/mol. The van der Waals surface area contributed by atoms with Gasteiger partial charge in [-0.1, -0.05) is 23.7 Å². The summed E-state index contributed by atoms with van der Waals surface area (Å²) in [4.78, 5) is 0. The van der Waals surface area contributed by atoms with Crippen molar-refractivity contribution in [1.29, 1.82) is 0 Å². The predicted octanol–water partition coefficient (Wildman–Crippen LogP) is 4.40. The van der Waals surface area contributed by atoms with Gasteiger partial charge in [0, 0.05) is 23.6 Å². The summed E-state index contributed by atoms with van der Waals surface area (Å²) in [7, 11) is 1.79. The molecular weight excluding hydrogens is 296 g/mol. The van der Waals surface area contributed by atoms with Gasteiger partial charge in [-0.05, 0) is 31.3 Å². The van der Waals surface area contributed by atoms with Gasteiger partial charge in [-0.3, -0.25) is 0 Å². The van der Waals surface area contributed by atoms with Crippen molar-refractivity contribution in [2.75, 3.05) is 7.05 Å². The molecule has 0 radical (unpaired) electrons. The van der Waals surface area contributed by atoms with Crippen molar-refractivity contribution in [3.8, 4) is 5.75 Å². The second kappa shape index (κ2) is 5.62. The van der Waals surface area contributed by atoms with Crippen LogP contribution in [0.3, 0.4) is 0 Å². The number of halogens is 3. The monoisotopic (exact) mass is 309 g/mol. The molecule has 0 saturated heterocycles. The number of hydrogen-bond acceptors (Lipinski definition) is 2. The minimum Gasteiger partial charge on any atom is -0.485 e. The fourth-order valence-electron chi connectivity index (χ4n) is 2.67. The lowest BCUT2D eigenvalue weighted by atomic mass is 9.93. The summed E-state index contributed by atoms with van der Waals surface area (Å²) in [6.45, 7) is 0. The topological polar surface area (TPSA) is 21.3 Å². The van der Waals surface area contributed by atoms with Gasteiger partial charge in [0.15, 0.2) is 0 Å². The molecule has 0 bridgehead atoms. The van der Waals surface area contributed by atoms with Gasteiger partial charge in [0.2, 0.25) is 0 Å². The standard InChI is InChI=1S/C16H14ClF2NO/c1-20-13-8-15(10-3-2-4-12(17)16(10)19)21-14-6-5-9(18)7-11(13)14/h2-7,13,15,20H,8H2,1H3. The number of hydrogen-bond donors (Lipinski definition) is 1. The Hall–Kier alpha value is -1.65. The Morgan fingerprint density at radius 2 is 2.00 bits per heavy atom. The molecular formula is C16H14ClF2NO. The summed E-state index contributed by atoms with van der Waals surface area (Å²) < 4.78 is 33.4. The highest BCUT2D eigenvalue weighted by Crippen LogP contribution is 2.42. The second-order valence-corrected chi connectivity index (χ2v) is 5.42. The maximum absolute atomic E-state index is 14.2. The lowest BCUT2D eigenvalue weighted by Crippen LogP contribution is -2.27. The quantitative estimate of drug-likeness (QED) is 0.887. The van der Waals surface area contributed by atoms with Crippen molar-refractivity contribution in [3.05, 3.63) is 64.2 Å². The van der Waals surface area contributed by atoms with Crippen LogP contribution < -0.4 is 10.1 Å². The highest BCUT2D eigenvalue weighted by molar-refractivity contribution is 6.30. The molecule has 1 aliphatic heterocycles. The van der Waals surface area contributed by atoms with E-state index in [4.69, 9.17) is 16.3 Å². The van der Waals surface area contributed by atoms with Crippen molar-refractivity contribution >= 4 is 11.6 Å². The van der Waals surface area contributed by atoms with Crippen molar-refractivity contribution in [1.82, 2.24) is 5.32 Å². The molecule has 21 heavy (non-hydrogen) atoms. The Labute approximate surface area is 126 Å². The molecule has 1 aliphatic rings. The predicted molar refractivity (Wildman–Crippen MR) is 77.6 cm³/mol. The van der Waals surface area contributed by atoms with Gasteiger partial charge in [0.25, 0.3) is 0 Å². The van der Waals surface area contributed by atoms with Crippen molar-refractivity contribution in [3.63, 3.8) is 0 Å². The molecule has 0 amide bonds. The zero-order chi connectivity index (χ0) is 15.0. The van der Waals surface area contributed by atoms with Crippen LogP contribution in [0.15, 0.2) is 36.4 Å². The third kappa shape index (κ3) is 2.61. The number of fused-ring (bicyclic) bond motifs is 1. The van der Waals surface area contributed by atoms with Crippen LogP contribution in [0, 0.1) is 11.6 Å². The molecule has 0 spiro atoms. The van der Waals surface area contributed by atoms with E-state index in [-0.39, 0.29) is 16.9 Å². The molecule has 2 unspecified atom stereocenters. The molecule has 0 aliphatic carbocycles. The van der Waals surface area contributed by atoms with Gasteiger partial charge in [-0.2, -0.15) is 0 Å². The van der Waals surface area contributed by atoms with E-state index in [0.717, 1.165) is 5.56 Å². The molecule has 5 heteroatoms. The summed E-state index contributed by atoms with van der Waals surface area (Å²) in [5, 5.41) is 3.19. The van der Waals surface area contributed by atoms with E-state index in [0.29, 0.717) is 17.7 Å². The van der Waals surface area contributed by atoms with Crippen LogP contribution in [-0.4, -0.2) is 7.05 Å². The Balaban J connectivity index is 2.01. The highest BCUT2D eigenvalue weighted by Gasteiger charge is 2.30. The fraction of sp³-hybridized carbons (Fsp3) is 0.250. The fourth-order valence-corrected chi connectivity index (χ4v) is 2.86. The average Bonchev–Trinajstić information content (AvgIpc) is 2.49. The van der Waals surface area contributed by atoms with E-state index in [1.807, 2.05) is 0 Å². The van der Waals surface area contributed by atoms with Gasteiger partial charge >= 0.3 is 0 Å². The SMILES string of the molecule is CNC1CC(c2cccc(Cl)c2F)Oc2ccc(F)cc21. The Morgan fingerprint density at radius 3 is 2.76 bits per heavy atom. The number of benzene rings is 2. The first-order valence-corrected chi connectivity index (χ1v) is 7.05. The summed E-state index contributed by atoms with van der Waals surface area (Å²) >= 11 is 5.83. The molecule has 0 fully saturated rings. The Kier molecular flexibility index (Phi) is 3.83. The molecule has 2 aromatic rings. The maximum Gasteiger partial charge on any atom is 0.148 e. The third-order valence-electron chi connectivity index (χ3n) is 3.74. The van der Waals surface area contributed by atoms with Crippen molar-refractivity contribution < 1.29 is 13.5 Å². The molecule has 2 aromatic carbocycles. The molecule has 110 valence electrons. The minimum atomic E-state index is -0.468. The Bertz CT molecular complexity index is 677. The van der Waals surface area contributed by atoms with E-state index < -0.39 is 11.9 Å². The molecule has 0 saturated carbocycles. The first-order chi connectivity index (χ1) is 10.1. The molecule has 2 atom stereocenters. The molecule has 0 aromatic heterocycles. The van der Waals surface area contributed by atoms with Crippen LogP contribution in [0.2, 0.25) is 5.02 Å². The van der Waals surface area contributed by atoms with Gasteiger partial charge in [-0.15, -0.1) is 0 Å². The number of ether oxygens (including phenoxy) is 1. The smallest absolute Gasteiger partial charge is 0.148 e. The maximum atomic E-state index is 14.2. The summed E-state index contributed by atoms with van der Waals surface area (Å²) in [6, 6.07) is 9.11. The normalized spacial score (nSPS) is 20.8. The number of nitrogens with one attached hydrogen (secondary N) is 1. The largest absolute Gasteiger partial charge is 0.485 e. The lowest BCUT2D eigenvalue weighted by Gasteiger charge is -2.32. The van der Waals surface area contributed by atoms with Crippen LogP contribution >= 0.6 is 11.6 Å². The molecule has 3 rings (SSSR count). The van der Waals surface area contributed by atoms with Crippen LogP contribution in [0.4, 0.5) is 8.78 Å². The van der Waals surface area contributed by atoms with E-state index in [1.54, 1.807) is 25.2 Å². The van der Waals surface area contributed by atoms with Gasteiger partial charge in [0.1, 0.15) is 23.5 Å². The zero-order valence-corrected chi connectivity index (χ0v) is 12.1. The van der Waals surface area contributed by atoms with E-state index in [2.05, 4.69) is 5.32 Å². The van der Waals surface area contributed by atoms with Crippen LogP contribution in [0.5, 0.6) is 5.75 Å². The first-order valence-electron chi connectivity index (χ1n) is 6.67. The van der Waals surface area contributed by atoms with Gasteiger partial charge in [-0.25, -0.2) is 8.78 Å². The number of rotatable bonds is 2. The summed E-state index contributed by atoms with van der Waals surface area (Å²) in [5.41, 5.74) is 1.16. The van der Waals surface area contributed by atoms with Gasteiger partial charge in [0.05, 0.1) is 5.02 Å². The molecule has 1 N–H and O–H groups in total. The molecule has 2 nitrogen and oxygen atoms in total. The van der Waals surface area contributed by atoms with Crippen LogP contribution in [0.1, 0.15) is 29.7 Å².